The maximum Gasteiger partial charge on any atom is 0.157 e. The Morgan fingerprint density at radius 3 is 2.70 bits per heavy atom. The predicted molar refractivity (Wildman–Crippen MR) is 134 cm³/mol. The lowest BCUT2D eigenvalue weighted by atomic mass is 9.43. The zero-order valence-corrected chi connectivity index (χ0v) is 22.2. The molecule has 0 spiro atoms. The van der Waals surface area contributed by atoms with Crippen molar-refractivity contribution in [3.63, 3.8) is 0 Å². The van der Waals surface area contributed by atoms with Gasteiger partial charge in [-0.2, -0.15) is 0 Å². The van der Waals surface area contributed by atoms with Crippen LogP contribution in [0.25, 0.3) is 11.0 Å². The van der Waals surface area contributed by atoms with E-state index in [4.69, 9.17) is 4.74 Å². The van der Waals surface area contributed by atoms with Gasteiger partial charge in [-0.3, -0.25) is 4.79 Å². The lowest BCUT2D eigenvalue weighted by molar-refractivity contribution is -0.175. The Morgan fingerprint density at radius 1 is 1.11 bits per heavy atom. The number of carbonyl (C=O) groups excluding carboxylic acids is 1. The molecular weight excluding hydrogens is 476 g/mol. The Balaban J connectivity index is 1.24. The molecule has 4 saturated carbocycles. The van der Waals surface area contributed by atoms with Gasteiger partial charge in [-0.15, -0.1) is 5.10 Å². The average Bonchev–Trinajstić information content (AvgIpc) is 3.40. The molecule has 4 aliphatic carbocycles. The minimum Gasteiger partial charge on any atom is -0.390 e. The molecule has 0 aliphatic heterocycles. The number of hydrogen-bond donors (Lipinski definition) is 1. The number of rotatable bonds is 5. The number of benzene rings is 1. The summed E-state index contributed by atoms with van der Waals surface area (Å²) in [5.41, 5.74) is -0.317. The molecule has 0 amide bonds. The summed E-state index contributed by atoms with van der Waals surface area (Å²) >= 11 is 0. The second kappa shape index (κ2) is 8.80. The van der Waals surface area contributed by atoms with Crippen molar-refractivity contribution < 1.29 is 23.4 Å². The molecule has 1 N–H and O–H groups in total. The highest BCUT2D eigenvalue weighted by Crippen LogP contribution is 2.68. The van der Waals surface area contributed by atoms with Gasteiger partial charge < -0.3 is 9.84 Å². The molecule has 8 atom stereocenters. The molecule has 0 bridgehead atoms. The molecule has 8 heteroatoms. The summed E-state index contributed by atoms with van der Waals surface area (Å²) in [5.74, 6) is 0.664. The standard InChI is InChI=1S/C29H39F2N3O3/c1-27(36)10-11-29(16-37-3)17(14-27)4-5-19-20-6-7-22(28(20,2)9-8-21(19)29)25(35)15-34-24-13-18(30)12-23(31)26(24)32-33-34/h12-13,17,19-22,36H,4-11,14-16H2,1-3H3/t17-,19+,20+,21+,22?,27-,28+,29-/m1/s1. The molecule has 4 aliphatic rings. The van der Waals surface area contributed by atoms with Gasteiger partial charge >= 0.3 is 0 Å². The number of ether oxygens (including phenoxy) is 1. The Kier molecular flexibility index (Phi) is 6.03. The minimum atomic E-state index is -0.760. The normalized spacial score (nSPS) is 41.3. The monoisotopic (exact) mass is 515 g/mol. The van der Waals surface area contributed by atoms with E-state index in [1.165, 1.54) is 10.7 Å². The largest absolute Gasteiger partial charge is 0.390 e. The quantitative estimate of drug-likeness (QED) is 0.584. The second-order valence-corrected chi connectivity index (χ2v) is 13.2. The van der Waals surface area contributed by atoms with E-state index in [1.807, 2.05) is 14.0 Å². The molecular formula is C29H39F2N3O3. The van der Waals surface area contributed by atoms with Crippen molar-refractivity contribution in [1.82, 2.24) is 15.0 Å². The zero-order chi connectivity index (χ0) is 26.2. The van der Waals surface area contributed by atoms with E-state index in [9.17, 15) is 18.7 Å². The molecule has 202 valence electrons. The number of fused-ring (bicyclic) bond motifs is 6. The van der Waals surface area contributed by atoms with E-state index in [0.717, 1.165) is 70.5 Å². The van der Waals surface area contributed by atoms with E-state index in [0.29, 0.717) is 23.7 Å². The summed E-state index contributed by atoms with van der Waals surface area (Å²) in [5, 5.41) is 18.7. The topological polar surface area (TPSA) is 77.2 Å². The van der Waals surface area contributed by atoms with Crippen molar-refractivity contribution in [3.05, 3.63) is 23.8 Å². The van der Waals surface area contributed by atoms with Crippen molar-refractivity contribution in [2.75, 3.05) is 13.7 Å². The summed E-state index contributed by atoms with van der Waals surface area (Å²) in [6.07, 6.45) is 8.96. The summed E-state index contributed by atoms with van der Waals surface area (Å²) in [7, 11) is 1.81. The van der Waals surface area contributed by atoms with Crippen LogP contribution in [0.3, 0.4) is 0 Å². The lowest BCUT2D eigenvalue weighted by Gasteiger charge is -2.62. The SMILES string of the molecule is COC[C@]12CC[C@@](C)(O)C[C@H]1CC[C@@H]1[C@@H]2CC[C@]2(C)C(C(=O)Cn3nnc4c(F)cc(F)cc43)CC[C@@H]12. The average molecular weight is 516 g/mol. The molecule has 0 saturated heterocycles. The predicted octanol–water partition coefficient (Wildman–Crippen LogP) is 5.32. The van der Waals surface area contributed by atoms with Crippen LogP contribution >= 0.6 is 0 Å². The smallest absolute Gasteiger partial charge is 0.157 e. The van der Waals surface area contributed by atoms with Crippen molar-refractivity contribution in [2.45, 2.75) is 83.8 Å². The third kappa shape index (κ3) is 3.88. The fraction of sp³-hybridized carbons (Fsp3) is 0.759. The molecule has 1 aromatic heterocycles. The van der Waals surface area contributed by atoms with Crippen LogP contribution in [0.2, 0.25) is 0 Å². The summed E-state index contributed by atoms with van der Waals surface area (Å²) in [4.78, 5) is 13.7. The van der Waals surface area contributed by atoms with Crippen molar-refractivity contribution in [3.8, 4) is 0 Å². The summed E-state index contributed by atoms with van der Waals surface area (Å²) in [6.45, 7) is 5.05. The molecule has 1 heterocycles. The number of halogens is 2. The number of aliphatic hydroxyl groups is 1. The summed E-state index contributed by atoms with van der Waals surface area (Å²) in [6, 6.07) is 1.99. The molecule has 1 aromatic carbocycles. The first-order valence-corrected chi connectivity index (χ1v) is 14.0. The fourth-order valence-electron chi connectivity index (χ4n) is 9.68. The van der Waals surface area contributed by atoms with Crippen LogP contribution in [-0.2, 0) is 16.1 Å². The zero-order valence-electron chi connectivity index (χ0n) is 22.2. The van der Waals surface area contributed by atoms with E-state index in [2.05, 4.69) is 17.2 Å². The van der Waals surface area contributed by atoms with Gasteiger partial charge in [0.05, 0.1) is 17.7 Å². The molecule has 4 fully saturated rings. The fourth-order valence-corrected chi connectivity index (χ4v) is 9.68. The number of methoxy groups -OCH3 is 1. The van der Waals surface area contributed by atoms with Gasteiger partial charge in [-0.25, -0.2) is 13.5 Å². The Hall–Kier alpha value is -1.93. The first-order chi connectivity index (χ1) is 17.6. The molecule has 37 heavy (non-hydrogen) atoms. The van der Waals surface area contributed by atoms with Crippen LogP contribution in [0.1, 0.15) is 71.6 Å². The van der Waals surface area contributed by atoms with Crippen molar-refractivity contribution >= 4 is 16.8 Å². The highest BCUT2D eigenvalue weighted by molar-refractivity contribution is 5.84. The molecule has 6 rings (SSSR count). The highest BCUT2D eigenvalue weighted by Gasteiger charge is 2.63. The van der Waals surface area contributed by atoms with Crippen molar-refractivity contribution in [2.24, 2.45) is 40.4 Å². The van der Waals surface area contributed by atoms with Gasteiger partial charge in [-0.1, -0.05) is 12.1 Å². The van der Waals surface area contributed by atoms with Gasteiger partial charge in [0, 0.05) is 25.2 Å². The molecule has 2 aromatic rings. The van der Waals surface area contributed by atoms with Crippen LogP contribution in [0.5, 0.6) is 0 Å². The molecule has 6 nitrogen and oxygen atoms in total. The second-order valence-electron chi connectivity index (χ2n) is 13.2. The van der Waals surface area contributed by atoms with E-state index >= 15 is 0 Å². The van der Waals surface area contributed by atoms with Gasteiger partial charge in [-0.05, 0) is 99.2 Å². The van der Waals surface area contributed by atoms with Crippen LogP contribution in [0.4, 0.5) is 8.78 Å². The van der Waals surface area contributed by atoms with E-state index in [1.54, 1.807) is 0 Å². The van der Waals surface area contributed by atoms with Crippen LogP contribution in [0.15, 0.2) is 12.1 Å². The maximum atomic E-state index is 14.1. The number of nitrogens with zero attached hydrogens (tertiary/aromatic N) is 3. The number of hydrogen-bond acceptors (Lipinski definition) is 5. The van der Waals surface area contributed by atoms with Crippen LogP contribution in [0, 0.1) is 52.1 Å². The van der Waals surface area contributed by atoms with Crippen molar-refractivity contribution in [1.29, 1.82) is 0 Å². The summed E-state index contributed by atoms with van der Waals surface area (Å²) < 4.78 is 35.2. The third-order valence-electron chi connectivity index (χ3n) is 11.3. The number of carbonyl (C=O) groups is 1. The number of Topliss-reactive ketones (excluding diaryl/α,β-unsaturated/α-hetero) is 1. The van der Waals surface area contributed by atoms with E-state index < -0.39 is 17.2 Å². The Labute approximate surface area is 217 Å². The van der Waals surface area contributed by atoms with Gasteiger partial charge in [0.2, 0.25) is 0 Å². The minimum absolute atomic E-state index is 0.00289. The van der Waals surface area contributed by atoms with Gasteiger partial charge in [0.25, 0.3) is 0 Å². The highest BCUT2D eigenvalue weighted by atomic mass is 19.1. The maximum absolute atomic E-state index is 14.1. The Morgan fingerprint density at radius 2 is 1.92 bits per heavy atom. The first-order valence-electron chi connectivity index (χ1n) is 14.0. The first kappa shape index (κ1) is 25.4. The van der Waals surface area contributed by atoms with E-state index in [-0.39, 0.29) is 40.1 Å². The molecule has 1 unspecified atom stereocenters. The van der Waals surface area contributed by atoms with Gasteiger partial charge in [0.15, 0.2) is 11.6 Å². The van der Waals surface area contributed by atoms with Crippen LogP contribution < -0.4 is 0 Å². The van der Waals surface area contributed by atoms with Gasteiger partial charge in [0.1, 0.15) is 17.9 Å². The lowest BCUT2D eigenvalue weighted by Crippen LogP contribution is -2.58. The number of aromatic nitrogens is 3. The third-order valence-corrected chi connectivity index (χ3v) is 11.3. The molecule has 0 radical (unpaired) electrons. The number of ketones is 1. The Bertz CT molecular complexity index is 1210. The van der Waals surface area contributed by atoms with Crippen LogP contribution in [-0.4, -0.2) is 45.2 Å².